The summed E-state index contributed by atoms with van der Waals surface area (Å²) in [5.41, 5.74) is 0.854. The highest BCUT2D eigenvalue weighted by Crippen LogP contribution is 2.29. The van der Waals surface area contributed by atoms with Crippen molar-refractivity contribution in [1.82, 2.24) is 4.72 Å². The molecule has 32 heavy (non-hydrogen) atoms. The minimum absolute atomic E-state index is 0.0313. The molecule has 0 aliphatic carbocycles. The first-order chi connectivity index (χ1) is 15.2. The summed E-state index contributed by atoms with van der Waals surface area (Å²) in [7, 11) is -2.46. The molecule has 174 valence electrons. The highest BCUT2D eigenvalue weighted by Gasteiger charge is 2.23. The molecule has 0 aromatic heterocycles. The third-order valence-corrected chi connectivity index (χ3v) is 5.97. The number of unbranched alkanes of at least 4 members (excludes halogenated alkanes) is 1. The summed E-state index contributed by atoms with van der Waals surface area (Å²) in [5, 5.41) is 5.26. The van der Waals surface area contributed by atoms with Crippen molar-refractivity contribution in [3.8, 4) is 11.5 Å². The average molecular weight is 464 g/mol. The predicted molar refractivity (Wildman–Crippen MR) is 123 cm³/mol. The van der Waals surface area contributed by atoms with Gasteiger partial charge in [0.15, 0.2) is 0 Å². The predicted octanol–water partition coefficient (Wildman–Crippen LogP) is 3.14. The molecule has 9 nitrogen and oxygen atoms in total. The Morgan fingerprint density at radius 3 is 2.34 bits per heavy atom. The Kier molecular flexibility index (Phi) is 9.03. The van der Waals surface area contributed by atoms with Gasteiger partial charge in [-0.15, -0.1) is 0 Å². The third-order valence-electron chi connectivity index (χ3n) is 4.41. The van der Waals surface area contributed by atoms with Crippen molar-refractivity contribution in [3.63, 3.8) is 0 Å². The number of nitrogens with one attached hydrogen (secondary N) is 3. The summed E-state index contributed by atoms with van der Waals surface area (Å²) in [5.74, 6) is 0.170. The first kappa shape index (κ1) is 25.2. The summed E-state index contributed by atoms with van der Waals surface area (Å²) in [4.78, 5) is 23.8. The first-order valence-corrected chi connectivity index (χ1v) is 11.7. The lowest BCUT2D eigenvalue weighted by atomic mass is 10.2. The van der Waals surface area contributed by atoms with Gasteiger partial charge in [-0.2, -0.15) is 4.72 Å². The third kappa shape index (κ3) is 7.24. The highest BCUT2D eigenvalue weighted by molar-refractivity contribution is 7.89. The number of sulfonamides is 1. The molecule has 0 heterocycles. The van der Waals surface area contributed by atoms with Crippen LogP contribution in [0.4, 0.5) is 11.4 Å². The van der Waals surface area contributed by atoms with E-state index < -0.39 is 22.0 Å². The zero-order chi connectivity index (χ0) is 23.7. The highest BCUT2D eigenvalue weighted by atomic mass is 32.2. The maximum Gasteiger partial charge on any atom is 0.242 e. The van der Waals surface area contributed by atoms with Crippen molar-refractivity contribution in [2.45, 2.75) is 44.6 Å². The van der Waals surface area contributed by atoms with Gasteiger partial charge in [0.25, 0.3) is 0 Å². The number of rotatable bonds is 11. The van der Waals surface area contributed by atoms with E-state index in [1.54, 1.807) is 18.2 Å². The van der Waals surface area contributed by atoms with Gasteiger partial charge in [0.2, 0.25) is 21.8 Å². The van der Waals surface area contributed by atoms with Gasteiger partial charge in [0.05, 0.1) is 30.3 Å². The molecule has 0 aliphatic heterocycles. The summed E-state index contributed by atoms with van der Waals surface area (Å²) < 4.78 is 38.6. The second kappa shape index (κ2) is 11.5. The molecular formula is C22H29N3O6S. The lowest BCUT2D eigenvalue weighted by Crippen LogP contribution is -2.41. The van der Waals surface area contributed by atoms with Crippen molar-refractivity contribution >= 4 is 33.2 Å². The van der Waals surface area contributed by atoms with Crippen LogP contribution in [0.3, 0.4) is 0 Å². The maximum atomic E-state index is 12.7. The van der Waals surface area contributed by atoms with Crippen LogP contribution in [0.15, 0.2) is 47.4 Å². The molecule has 2 aromatic rings. The number of amides is 2. The average Bonchev–Trinajstić information content (AvgIpc) is 2.74. The van der Waals surface area contributed by atoms with Gasteiger partial charge in [0.1, 0.15) is 11.5 Å². The van der Waals surface area contributed by atoms with Crippen LogP contribution in [0.2, 0.25) is 0 Å². The van der Waals surface area contributed by atoms with Gasteiger partial charge in [0, 0.05) is 18.7 Å². The minimum Gasteiger partial charge on any atom is -0.497 e. The summed E-state index contributed by atoms with van der Waals surface area (Å²) in [6, 6.07) is 9.59. The quantitative estimate of drug-likeness (QED) is 0.440. The molecule has 2 aromatic carbocycles. The Labute approximate surface area is 188 Å². The monoisotopic (exact) mass is 463 g/mol. The molecule has 0 saturated heterocycles. The largest absolute Gasteiger partial charge is 0.497 e. The Balaban J connectivity index is 2.11. The lowest BCUT2D eigenvalue weighted by Gasteiger charge is -2.17. The van der Waals surface area contributed by atoms with Crippen LogP contribution in [0.5, 0.6) is 11.5 Å². The molecule has 2 amide bonds. The van der Waals surface area contributed by atoms with E-state index in [1.807, 2.05) is 6.92 Å². The lowest BCUT2D eigenvalue weighted by molar-refractivity contribution is -0.117. The van der Waals surface area contributed by atoms with Crippen LogP contribution in [-0.2, 0) is 19.6 Å². The summed E-state index contributed by atoms with van der Waals surface area (Å²) in [6.07, 6.45) is 1.82. The van der Waals surface area contributed by atoms with E-state index in [4.69, 9.17) is 9.47 Å². The van der Waals surface area contributed by atoms with Crippen LogP contribution < -0.4 is 24.8 Å². The van der Waals surface area contributed by atoms with Gasteiger partial charge in [-0.25, -0.2) is 8.42 Å². The molecule has 0 unspecified atom stereocenters. The van der Waals surface area contributed by atoms with Gasteiger partial charge in [-0.05, 0) is 49.7 Å². The molecule has 0 aliphatic rings. The van der Waals surface area contributed by atoms with E-state index >= 15 is 0 Å². The van der Waals surface area contributed by atoms with Crippen LogP contribution in [0, 0.1) is 0 Å². The van der Waals surface area contributed by atoms with Crippen LogP contribution in [0.1, 0.15) is 33.6 Å². The van der Waals surface area contributed by atoms with Crippen LogP contribution in [0.25, 0.3) is 0 Å². The number of hydrogen-bond donors (Lipinski definition) is 3. The molecule has 2 rings (SSSR count). The fourth-order valence-electron chi connectivity index (χ4n) is 2.70. The zero-order valence-corrected chi connectivity index (χ0v) is 19.4. The molecular weight excluding hydrogens is 434 g/mol. The number of benzene rings is 2. The number of anilines is 2. The first-order valence-electron chi connectivity index (χ1n) is 10.2. The molecule has 3 N–H and O–H groups in total. The number of carbonyl (C=O) groups is 2. The summed E-state index contributed by atoms with van der Waals surface area (Å²) in [6.45, 7) is 5.33. The number of hydrogen-bond acceptors (Lipinski definition) is 6. The molecule has 10 heteroatoms. The van der Waals surface area contributed by atoms with E-state index in [2.05, 4.69) is 15.4 Å². The van der Waals surface area contributed by atoms with Gasteiger partial charge < -0.3 is 20.1 Å². The van der Waals surface area contributed by atoms with E-state index in [1.165, 1.54) is 45.2 Å². The van der Waals surface area contributed by atoms with Crippen molar-refractivity contribution < 1.29 is 27.5 Å². The maximum absolute atomic E-state index is 12.7. The van der Waals surface area contributed by atoms with Gasteiger partial charge >= 0.3 is 0 Å². The minimum atomic E-state index is -3.96. The Morgan fingerprint density at radius 1 is 1.06 bits per heavy atom. The number of methoxy groups -OCH3 is 1. The van der Waals surface area contributed by atoms with Gasteiger partial charge in [-0.1, -0.05) is 13.3 Å². The molecule has 0 radical (unpaired) electrons. The van der Waals surface area contributed by atoms with Crippen molar-refractivity contribution in [1.29, 1.82) is 0 Å². The normalized spacial score (nSPS) is 12.0. The SMILES string of the molecule is CCCCOc1ccc(OC)cc1NC(=O)[C@H](C)NS(=O)(=O)c1ccc(NC(C)=O)cc1. The van der Waals surface area contributed by atoms with Crippen LogP contribution >= 0.6 is 0 Å². The Morgan fingerprint density at radius 2 is 1.75 bits per heavy atom. The zero-order valence-electron chi connectivity index (χ0n) is 18.6. The second-order valence-electron chi connectivity index (χ2n) is 7.10. The molecule has 0 fully saturated rings. The standard InChI is InChI=1S/C22H29N3O6S/c1-5-6-13-31-21-12-9-18(30-4)14-20(21)24-22(27)15(2)25-32(28,29)19-10-7-17(8-11-19)23-16(3)26/h7-12,14-15,25H,5-6,13H2,1-4H3,(H,23,26)(H,24,27)/t15-/m0/s1. The fraction of sp³-hybridized carbons (Fsp3) is 0.364. The summed E-state index contributed by atoms with van der Waals surface area (Å²) >= 11 is 0. The van der Waals surface area contributed by atoms with E-state index in [0.29, 0.717) is 29.5 Å². The van der Waals surface area contributed by atoms with E-state index in [0.717, 1.165) is 12.8 Å². The topological polar surface area (TPSA) is 123 Å². The fourth-order valence-corrected chi connectivity index (χ4v) is 3.90. The van der Waals surface area contributed by atoms with Crippen molar-refractivity contribution in [3.05, 3.63) is 42.5 Å². The smallest absolute Gasteiger partial charge is 0.242 e. The van der Waals surface area contributed by atoms with Gasteiger partial charge in [-0.3, -0.25) is 9.59 Å². The van der Waals surface area contributed by atoms with E-state index in [-0.39, 0.29) is 10.8 Å². The van der Waals surface area contributed by atoms with Crippen molar-refractivity contribution in [2.75, 3.05) is 24.4 Å². The number of carbonyl (C=O) groups excluding carboxylic acids is 2. The molecule has 1 atom stereocenters. The molecule has 0 spiro atoms. The second-order valence-corrected chi connectivity index (χ2v) is 8.82. The molecule has 0 bridgehead atoms. The number of ether oxygens (including phenoxy) is 2. The molecule has 0 saturated carbocycles. The van der Waals surface area contributed by atoms with Crippen LogP contribution in [-0.4, -0.2) is 40.0 Å². The Hall–Kier alpha value is -3.11. The van der Waals surface area contributed by atoms with E-state index in [9.17, 15) is 18.0 Å². The Bertz CT molecular complexity index is 1040. The van der Waals surface area contributed by atoms with Crippen molar-refractivity contribution in [2.24, 2.45) is 0 Å².